The van der Waals surface area contributed by atoms with Crippen molar-refractivity contribution in [1.29, 1.82) is 0 Å². The first-order valence-electron chi connectivity index (χ1n) is 7.11. The predicted octanol–water partition coefficient (Wildman–Crippen LogP) is 3.46. The summed E-state index contributed by atoms with van der Waals surface area (Å²) in [5.41, 5.74) is 0. The topological polar surface area (TPSA) is 40.5 Å². The molecule has 0 spiro atoms. The average Bonchev–Trinajstić information content (AvgIpc) is 2.79. The maximum Gasteiger partial charge on any atom is 0.519 e. The fourth-order valence-corrected chi connectivity index (χ4v) is 2.47. The Morgan fingerprint density at radius 2 is 2.17 bits per heavy atom. The average molecular weight is 255 g/mol. The lowest BCUT2D eigenvalue weighted by molar-refractivity contribution is -0.806. The number of quaternary nitrogens is 1. The monoisotopic (exact) mass is 255 g/mol. The zero-order valence-corrected chi connectivity index (χ0v) is 11.9. The maximum atomic E-state index is 11.3. The van der Waals surface area contributed by atoms with Gasteiger partial charge in [-0.15, -0.1) is 0 Å². The molecule has 4 nitrogen and oxygen atoms in total. The summed E-state index contributed by atoms with van der Waals surface area (Å²) >= 11 is 0. The van der Waals surface area contributed by atoms with E-state index in [1.807, 2.05) is 19.3 Å². The van der Waals surface area contributed by atoms with Crippen LogP contribution in [0.3, 0.4) is 0 Å². The van der Waals surface area contributed by atoms with Crippen LogP contribution < -0.4 is 0 Å². The van der Waals surface area contributed by atoms with Gasteiger partial charge in [0.1, 0.15) is 6.20 Å². The van der Waals surface area contributed by atoms with Gasteiger partial charge in [0.25, 0.3) is 0 Å². The number of unbranched alkanes of at least 4 members (excludes halogenated alkanes) is 1. The molecule has 4 heteroatoms. The van der Waals surface area contributed by atoms with Crippen LogP contribution in [0.2, 0.25) is 0 Å². The van der Waals surface area contributed by atoms with Crippen LogP contribution in [0.15, 0.2) is 12.4 Å². The van der Waals surface area contributed by atoms with Gasteiger partial charge in [-0.3, -0.25) is 0 Å². The molecule has 0 radical (unpaired) electrons. The van der Waals surface area contributed by atoms with Gasteiger partial charge in [-0.25, -0.2) is 0 Å². The SMILES string of the molecule is CCCCC(CC)CN1C=C[N+](CC)(C(=O)O)C1. The van der Waals surface area contributed by atoms with Gasteiger partial charge in [0, 0.05) is 6.54 Å². The number of carboxylic acid groups (broad SMARTS) is 1. The Kier molecular flexibility index (Phi) is 5.66. The van der Waals surface area contributed by atoms with E-state index < -0.39 is 6.09 Å². The predicted molar refractivity (Wildman–Crippen MR) is 72.8 cm³/mol. The molecular weight excluding hydrogens is 228 g/mol. The second kappa shape index (κ2) is 6.78. The highest BCUT2D eigenvalue weighted by atomic mass is 16.4. The molecule has 1 amide bonds. The van der Waals surface area contributed by atoms with E-state index in [1.54, 1.807) is 0 Å². The van der Waals surface area contributed by atoms with E-state index in [1.165, 1.54) is 25.7 Å². The number of amides is 1. The first-order valence-corrected chi connectivity index (χ1v) is 7.11. The second-order valence-corrected chi connectivity index (χ2v) is 5.26. The van der Waals surface area contributed by atoms with Crippen LogP contribution in [0, 0.1) is 5.92 Å². The minimum absolute atomic E-state index is 0.0458. The second-order valence-electron chi connectivity index (χ2n) is 5.26. The third kappa shape index (κ3) is 3.48. The Bertz CT molecular complexity index is 304. The molecule has 0 aromatic carbocycles. The van der Waals surface area contributed by atoms with E-state index in [2.05, 4.69) is 18.7 Å². The highest BCUT2D eigenvalue weighted by Crippen LogP contribution is 2.22. The van der Waals surface area contributed by atoms with Gasteiger partial charge >= 0.3 is 6.09 Å². The Morgan fingerprint density at radius 1 is 1.44 bits per heavy atom. The first-order chi connectivity index (χ1) is 8.57. The smallest absolute Gasteiger partial charge is 0.435 e. The number of carbonyl (C=O) groups is 1. The molecule has 0 aromatic rings. The van der Waals surface area contributed by atoms with Crippen LogP contribution in [0.1, 0.15) is 46.5 Å². The lowest BCUT2D eigenvalue weighted by atomic mass is 9.99. The summed E-state index contributed by atoms with van der Waals surface area (Å²) in [5.74, 6) is 0.681. The minimum atomic E-state index is -0.752. The molecule has 1 heterocycles. The summed E-state index contributed by atoms with van der Waals surface area (Å²) in [6.07, 6.45) is 7.94. The van der Waals surface area contributed by atoms with Crippen LogP contribution >= 0.6 is 0 Å². The van der Waals surface area contributed by atoms with Crippen molar-refractivity contribution in [2.24, 2.45) is 5.92 Å². The normalized spacial score (nSPS) is 24.5. The molecule has 0 aliphatic carbocycles. The summed E-state index contributed by atoms with van der Waals surface area (Å²) in [6, 6.07) is 0. The van der Waals surface area contributed by atoms with Gasteiger partial charge in [-0.2, -0.15) is 9.28 Å². The Labute approximate surface area is 110 Å². The molecule has 0 saturated heterocycles. The van der Waals surface area contributed by atoms with Crippen LogP contribution in [0.25, 0.3) is 0 Å². The molecular formula is C14H27N2O2+. The molecule has 0 aromatic heterocycles. The quantitative estimate of drug-likeness (QED) is 0.708. The van der Waals surface area contributed by atoms with Crippen molar-refractivity contribution in [3.05, 3.63) is 12.4 Å². The van der Waals surface area contributed by atoms with E-state index in [-0.39, 0.29) is 4.48 Å². The van der Waals surface area contributed by atoms with Gasteiger partial charge in [0.05, 0.1) is 12.7 Å². The van der Waals surface area contributed by atoms with Gasteiger partial charge < -0.3 is 10.0 Å². The molecule has 2 unspecified atom stereocenters. The maximum absolute atomic E-state index is 11.3. The van der Waals surface area contributed by atoms with Crippen molar-refractivity contribution in [2.75, 3.05) is 19.8 Å². The number of rotatable bonds is 7. The molecule has 0 bridgehead atoms. The summed E-state index contributed by atoms with van der Waals surface area (Å²) < 4.78 is 0.0458. The van der Waals surface area contributed by atoms with E-state index >= 15 is 0 Å². The molecule has 1 rings (SSSR count). The standard InChI is InChI=1S/C14H26N2O2/c1-4-7-8-13(5-2)11-15-9-10-16(6-3,12-15)14(17)18/h9-10,13H,4-8,11-12H2,1-3H3/p+1. The van der Waals surface area contributed by atoms with Gasteiger partial charge in [0.15, 0.2) is 6.67 Å². The van der Waals surface area contributed by atoms with Crippen molar-refractivity contribution in [1.82, 2.24) is 4.90 Å². The number of hydrogen-bond acceptors (Lipinski definition) is 2. The molecule has 0 saturated carbocycles. The van der Waals surface area contributed by atoms with Crippen LogP contribution in [-0.2, 0) is 0 Å². The van der Waals surface area contributed by atoms with Crippen molar-refractivity contribution in [3.63, 3.8) is 0 Å². The van der Waals surface area contributed by atoms with Crippen molar-refractivity contribution in [2.45, 2.75) is 46.5 Å². The molecule has 2 atom stereocenters. The third-order valence-electron chi connectivity index (χ3n) is 3.98. The molecule has 1 aliphatic heterocycles. The Balaban J connectivity index is 2.51. The first kappa shape index (κ1) is 15.0. The molecule has 18 heavy (non-hydrogen) atoms. The zero-order valence-electron chi connectivity index (χ0n) is 11.9. The Morgan fingerprint density at radius 3 is 2.61 bits per heavy atom. The molecule has 1 aliphatic rings. The summed E-state index contributed by atoms with van der Waals surface area (Å²) in [4.78, 5) is 13.5. The fraction of sp³-hybridized carbons (Fsp3) is 0.786. The third-order valence-corrected chi connectivity index (χ3v) is 3.98. The largest absolute Gasteiger partial charge is 0.519 e. The highest BCUT2D eigenvalue weighted by molar-refractivity contribution is 5.57. The van der Waals surface area contributed by atoms with Gasteiger partial charge in [0.2, 0.25) is 0 Å². The summed E-state index contributed by atoms with van der Waals surface area (Å²) in [6.45, 7) is 8.53. The van der Waals surface area contributed by atoms with Crippen LogP contribution in [-0.4, -0.2) is 40.3 Å². The van der Waals surface area contributed by atoms with Crippen molar-refractivity contribution >= 4 is 6.09 Å². The van der Waals surface area contributed by atoms with Crippen LogP contribution in [0.4, 0.5) is 4.79 Å². The highest BCUT2D eigenvalue weighted by Gasteiger charge is 2.39. The lowest BCUT2D eigenvalue weighted by Crippen LogP contribution is -2.49. The van der Waals surface area contributed by atoms with E-state index in [0.29, 0.717) is 19.1 Å². The number of nitrogens with zero attached hydrogens (tertiary/aromatic N) is 2. The molecule has 1 N–H and O–H groups in total. The van der Waals surface area contributed by atoms with E-state index in [0.717, 1.165) is 6.54 Å². The van der Waals surface area contributed by atoms with E-state index in [4.69, 9.17) is 0 Å². The summed E-state index contributed by atoms with van der Waals surface area (Å²) in [5, 5.41) is 9.31. The summed E-state index contributed by atoms with van der Waals surface area (Å²) in [7, 11) is 0. The van der Waals surface area contributed by atoms with Crippen molar-refractivity contribution < 1.29 is 14.4 Å². The fourth-order valence-electron chi connectivity index (χ4n) is 2.47. The lowest BCUT2D eigenvalue weighted by Gasteiger charge is -2.27. The van der Waals surface area contributed by atoms with Gasteiger partial charge in [-0.05, 0) is 19.3 Å². The minimum Gasteiger partial charge on any atom is -0.435 e. The number of hydrogen-bond donors (Lipinski definition) is 1. The Hall–Kier alpha value is -1.03. The van der Waals surface area contributed by atoms with E-state index in [9.17, 15) is 9.90 Å². The van der Waals surface area contributed by atoms with Crippen LogP contribution in [0.5, 0.6) is 0 Å². The van der Waals surface area contributed by atoms with Crippen molar-refractivity contribution in [3.8, 4) is 0 Å². The zero-order chi connectivity index (χ0) is 13.6. The molecule has 0 fully saturated rings. The van der Waals surface area contributed by atoms with Gasteiger partial charge in [-0.1, -0.05) is 33.1 Å². The molecule has 104 valence electrons.